The molecule has 9 nitrogen and oxygen atoms in total. The Balaban J connectivity index is 0.000000292. The van der Waals surface area contributed by atoms with Crippen molar-refractivity contribution in [1.82, 2.24) is 29.3 Å². The first-order valence-corrected chi connectivity index (χ1v) is 14.3. The molecule has 1 amide bonds. The summed E-state index contributed by atoms with van der Waals surface area (Å²) in [7, 11) is 1.61. The summed E-state index contributed by atoms with van der Waals surface area (Å²) in [6, 6.07) is 7.52. The molecular formula is C32H36F2N6O3. The highest BCUT2D eigenvalue weighted by molar-refractivity contribution is 5.99. The van der Waals surface area contributed by atoms with Gasteiger partial charge in [-0.2, -0.15) is 10.2 Å². The molecule has 11 heteroatoms. The molecule has 43 heavy (non-hydrogen) atoms. The Bertz CT molecular complexity index is 1640. The van der Waals surface area contributed by atoms with Gasteiger partial charge in [-0.25, -0.2) is 18.3 Å². The van der Waals surface area contributed by atoms with E-state index in [1.807, 2.05) is 24.4 Å². The second-order valence-corrected chi connectivity index (χ2v) is 10.4. The Morgan fingerprint density at radius 3 is 2.63 bits per heavy atom. The second-order valence-electron chi connectivity index (χ2n) is 10.4. The van der Waals surface area contributed by atoms with Crippen LogP contribution in [0.15, 0.2) is 49.1 Å². The van der Waals surface area contributed by atoms with Crippen LogP contribution < -0.4 is 4.74 Å². The number of rotatable bonds is 9. The van der Waals surface area contributed by atoms with Gasteiger partial charge in [-0.05, 0) is 56.0 Å². The van der Waals surface area contributed by atoms with Gasteiger partial charge >= 0.3 is 0 Å². The lowest BCUT2D eigenvalue weighted by Crippen LogP contribution is -2.59. The lowest BCUT2D eigenvalue weighted by Gasteiger charge is -2.38. The first-order valence-electron chi connectivity index (χ1n) is 14.3. The summed E-state index contributed by atoms with van der Waals surface area (Å²) in [5, 5.41) is 8.62. The van der Waals surface area contributed by atoms with E-state index in [0.29, 0.717) is 17.0 Å². The van der Waals surface area contributed by atoms with Crippen LogP contribution in [-0.2, 0) is 17.8 Å². The number of unbranched alkanes of at least 4 members (excludes halogenated alkanes) is 2. The Kier molecular flexibility index (Phi) is 10.2. The SMILES string of the molecule is CC(=O)c1cnn2cccnc12.CCCC#Cc1ccc(OC)c(-c2nn(CC(=O)N3CC(F)(F)C3)cc2CCCC)c1. The van der Waals surface area contributed by atoms with Crippen LogP contribution in [-0.4, -0.2) is 67.1 Å². The summed E-state index contributed by atoms with van der Waals surface area (Å²) in [6.45, 7) is 4.61. The maximum atomic E-state index is 13.1. The van der Waals surface area contributed by atoms with Crippen LogP contribution in [0.2, 0.25) is 0 Å². The van der Waals surface area contributed by atoms with E-state index in [1.54, 1.807) is 34.8 Å². The number of alkyl halides is 2. The number of aromatic nitrogens is 5. The van der Waals surface area contributed by atoms with Crippen LogP contribution in [0, 0.1) is 11.8 Å². The Hall–Kier alpha value is -4.59. The first kappa shape index (κ1) is 31.3. The summed E-state index contributed by atoms with van der Waals surface area (Å²) in [4.78, 5) is 28.6. The number of ketones is 1. The third-order valence-electron chi connectivity index (χ3n) is 6.85. The Morgan fingerprint density at radius 2 is 1.95 bits per heavy atom. The predicted molar refractivity (Wildman–Crippen MR) is 159 cm³/mol. The first-order chi connectivity index (χ1) is 20.7. The number of carbonyl (C=O) groups excluding carboxylic acids is 2. The lowest BCUT2D eigenvalue weighted by molar-refractivity contribution is -0.166. The van der Waals surface area contributed by atoms with E-state index in [1.165, 1.54) is 13.1 Å². The van der Waals surface area contributed by atoms with Crippen molar-refractivity contribution >= 4 is 17.3 Å². The molecule has 0 unspecified atom stereocenters. The van der Waals surface area contributed by atoms with E-state index in [0.717, 1.165) is 59.4 Å². The van der Waals surface area contributed by atoms with E-state index in [-0.39, 0.29) is 18.2 Å². The van der Waals surface area contributed by atoms with Crippen LogP contribution in [0.25, 0.3) is 16.9 Å². The van der Waals surface area contributed by atoms with Crippen LogP contribution in [0.1, 0.15) is 67.9 Å². The molecule has 1 fully saturated rings. The van der Waals surface area contributed by atoms with Gasteiger partial charge in [0, 0.05) is 36.1 Å². The zero-order chi connectivity index (χ0) is 31.0. The average Bonchev–Trinajstić information content (AvgIpc) is 3.59. The van der Waals surface area contributed by atoms with Crippen LogP contribution in [0.4, 0.5) is 8.78 Å². The molecule has 4 heterocycles. The van der Waals surface area contributed by atoms with Gasteiger partial charge in [-0.1, -0.05) is 32.1 Å². The molecule has 0 radical (unpaired) electrons. The molecule has 0 aliphatic carbocycles. The fourth-order valence-corrected chi connectivity index (χ4v) is 4.58. The number of amides is 1. The quantitative estimate of drug-likeness (QED) is 0.190. The van der Waals surface area contributed by atoms with Crippen molar-refractivity contribution in [2.75, 3.05) is 20.2 Å². The zero-order valence-electron chi connectivity index (χ0n) is 24.9. The molecule has 0 atom stereocenters. The number of carbonyl (C=O) groups is 2. The summed E-state index contributed by atoms with van der Waals surface area (Å²) in [5.74, 6) is 3.87. The Morgan fingerprint density at radius 1 is 1.16 bits per heavy atom. The molecular weight excluding hydrogens is 554 g/mol. The predicted octanol–water partition coefficient (Wildman–Crippen LogP) is 5.46. The fourth-order valence-electron chi connectivity index (χ4n) is 4.58. The summed E-state index contributed by atoms with van der Waals surface area (Å²) in [5.41, 5.74) is 4.62. The van der Waals surface area contributed by atoms with E-state index in [9.17, 15) is 18.4 Å². The van der Waals surface area contributed by atoms with Gasteiger partial charge in [-0.3, -0.25) is 14.3 Å². The number of ether oxygens (including phenoxy) is 1. The summed E-state index contributed by atoms with van der Waals surface area (Å²) in [6.07, 6.45) is 11.4. The number of hydrogen-bond acceptors (Lipinski definition) is 6. The third-order valence-corrected chi connectivity index (χ3v) is 6.85. The van der Waals surface area contributed by atoms with Gasteiger partial charge in [-0.15, -0.1) is 0 Å². The number of methoxy groups -OCH3 is 1. The van der Waals surface area contributed by atoms with E-state index in [2.05, 4.69) is 40.9 Å². The number of fused-ring (bicyclic) bond motifs is 1. The van der Waals surface area contributed by atoms with Crippen LogP contribution in [0.5, 0.6) is 5.75 Å². The largest absolute Gasteiger partial charge is 0.496 e. The number of benzene rings is 1. The molecule has 1 aromatic carbocycles. The number of halogens is 2. The van der Waals surface area contributed by atoms with Crippen molar-refractivity contribution in [2.24, 2.45) is 0 Å². The van der Waals surface area contributed by atoms with Gasteiger partial charge in [0.1, 0.15) is 12.3 Å². The smallest absolute Gasteiger partial charge is 0.282 e. The van der Waals surface area contributed by atoms with Gasteiger partial charge < -0.3 is 9.64 Å². The second kappa shape index (κ2) is 14.1. The molecule has 0 N–H and O–H groups in total. The summed E-state index contributed by atoms with van der Waals surface area (Å²) >= 11 is 0. The number of nitrogens with zero attached hydrogens (tertiary/aromatic N) is 6. The molecule has 0 saturated carbocycles. The molecule has 0 bridgehead atoms. The molecule has 1 aliphatic heterocycles. The molecule has 1 aliphatic rings. The van der Waals surface area contributed by atoms with Gasteiger partial charge in [0.05, 0.1) is 37.7 Å². The topological polar surface area (TPSA) is 94.6 Å². The monoisotopic (exact) mass is 590 g/mol. The lowest BCUT2D eigenvalue weighted by atomic mass is 10.0. The highest BCUT2D eigenvalue weighted by Crippen LogP contribution is 2.33. The van der Waals surface area contributed by atoms with Crippen molar-refractivity contribution in [3.8, 4) is 28.8 Å². The standard InChI is InChI=1S/C24H29F2N3O2.C8H7N3O/c1-4-6-8-9-18-11-12-21(31-3)20(13-18)23-19(10-7-5-2)14-29(27-23)15-22(30)28-16-24(25,26)17-28;1-6(12)7-5-10-11-4-2-3-9-8(7)11/h11-14H,4-7,10,15-17H2,1-3H3;2-5H,1H3. The number of likely N-dealkylation sites (tertiary alicyclic amines) is 1. The normalized spacial score (nSPS) is 13.4. The molecule has 0 spiro atoms. The highest BCUT2D eigenvalue weighted by Gasteiger charge is 2.46. The van der Waals surface area contributed by atoms with E-state index >= 15 is 0 Å². The minimum absolute atomic E-state index is 0.0105. The van der Waals surface area contributed by atoms with Gasteiger partial charge in [0.25, 0.3) is 5.92 Å². The number of hydrogen-bond donors (Lipinski definition) is 0. The fraction of sp³-hybridized carbons (Fsp3) is 0.406. The van der Waals surface area contributed by atoms with Gasteiger partial charge in [0.2, 0.25) is 5.91 Å². The number of Topliss-reactive ketones (excluding diaryl/α,β-unsaturated/α-hetero) is 1. The van der Waals surface area contributed by atoms with Crippen molar-refractivity contribution in [2.45, 2.75) is 65.3 Å². The van der Waals surface area contributed by atoms with Gasteiger partial charge in [0.15, 0.2) is 11.4 Å². The minimum atomic E-state index is -2.77. The van der Waals surface area contributed by atoms with E-state index < -0.39 is 19.0 Å². The minimum Gasteiger partial charge on any atom is -0.496 e. The van der Waals surface area contributed by atoms with Crippen molar-refractivity contribution in [3.63, 3.8) is 0 Å². The molecule has 3 aromatic heterocycles. The maximum absolute atomic E-state index is 13.1. The summed E-state index contributed by atoms with van der Waals surface area (Å²) < 4.78 is 34.9. The van der Waals surface area contributed by atoms with Crippen LogP contribution in [0.3, 0.4) is 0 Å². The third kappa shape index (κ3) is 7.83. The average molecular weight is 591 g/mol. The molecule has 4 aromatic rings. The van der Waals surface area contributed by atoms with E-state index in [4.69, 9.17) is 4.74 Å². The van der Waals surface area contributed by atoms with Crippen molar-refractivity contribution in [3.05, 3.63) is 65.7 Å². The van der Waals surface area contributed by atoms with Crippen LogP contribution >= 0.6 is 0 Å². The van der Waals surface area contributed by atoms with Crippen molar-refractivity contribution < 1.29 is 23.1 Å². The maximum Gasteiger partial charge on any atom is 0.282 e. The van der Waals surface area contributed by atoms with Crippen molar-refractivity contribution in [1.29, 1.82) is 0 Å². The number of aryl methyl sites for hydroxylation is 1. The highest BCUT2D eigenvalue weighted by atomic mass is 19.3. The Labute approximate surface area is 249 Å². The molecule has 1 saturated heterocycles. The molecule has 5 rings (SSSR count). The molecule has 226 valence electrons. The zero-order valence-corrected chi connectivity index (χ0v) is 24.9.